The fraction of sp³-hybridized carbons (Fsp3) is 0.500. The zero-order valence-corrected chi connectivity index (χ0v) is 11.0. The molecule has 1 unspecified atom stereocenters. The van der Waals surface area contributed by atoms with Gasteiger partial charge in [-0.1, -0.05) is 0 Å². The summed E-state index contributed by atoms with van der Waals surface area (Å²) in [5.74, 6) is 0.850. The van der Waals surface area contributed by atoms with Crippen LogP contribution in [0.5, 0.6) is 0 Å². The molecule has 1 aromatic heterocycles. The quantitative estimate of drug-likeness (QED) is 0.815. The Morgan fingerprint density at radius 2 is 2.40 bits per heavy atom. The Morgan fingerprint density at radius 3 is 3.00 bits per heavy atom. The first kappa shape index (κ1) is 13.0. The van der Waals surface area contributed by atoms with Gasteiger partial charge in [0.05, 0.1) is 6.61 Å². The molecule has 0 aliphatic heterocycles. The van der Waals surface area contributed by atoms with Crippen LogP contribution in [0, 0.1) is 0 Å². The van der Waals surface area contributed by atoms with Gasteiger partial charge in [-0.2, -0.15) is 0 Å². The van der Waals surface area contributed by atoms with Crippen molar-refractivity contribution < 1.29 is 5.11 Å². The molecule has 1 aromatic rings. The van der Waals surface area contributed by atoms with Gasteiger partial charge in [0.1, 0.15) is 5.03 Å². The molecule has 0 aliphatic rings. The predicted octanol–water partition coefficient (Wildman–Crippen LogP) is 2.04. The summed E-state index contributed by atoms with van der Waals surface area (Å²) in [5, 5.41) is 9.95. The first-order valence-electron chi connectivity index (χ1n) is 4.68. The lowest BCUT2D eigenvalue weighted by molar-refractivity contribution is 0.206. The SMILES string of the molecule is CC(N)(CO)CCSc1ncccc1Br. The Hall–Kier alpha value is -0.100. The minimum atomic E-state index is -0.492. The summed E-state index contributed by atoms with van der Waals surface area (Å²) in [7, 11) is 0. The number of aromatic nitrogens is 1. The molecule has 1 rings (SSSR count). The molecule has 0 radical (unpaired) electrons. The number of aliphatic hydroxyl groups is 1. The fourth-order valence-electron chi connectivity index (χ4n) is 0.937. The van der Waals surface area contributed by atoms with Crippen molar-refractivity contribution in [3.63, 3.8) is 0 Å². The van der Waals surface area contributed by atoms with Gasteiger partial charge in [0.25, 0.3) is 0 Å². The highest BCUT2D eigenvalue weighted by Crippen LogP contribution is 2.26. The first-order chi connectivity index (χ1) is 7.05. The standard InChI is InChI=1S/C10H15BrN2OS/c1-10(12,7-14)4-6-15-9-8(11)3-2-5-13-9/h2-3,5,14H,4,6-7,12H2,1H3. The van der Waals surface area contributed by atoms with Crippen LogP contribution in [0.15, 0.2) is 27.8 Å². The monoisotopic (exact) mass is 290 g/mol. The second-order valence-electron chi connectivity index (χ2n) is 3.70. The van der Waals surface area contributed by atoms with Gasteiger partial charge in [-0.3, -0.25) is 0 Å². The van der Waals surface area contributed by atoms with Crippen LogP contribution >= 0.6 is 27.7 Å². The molecule has 0 aliphatic carbocycles. The van der Waals surface area contributed by atoms with Gasteiger partial charge in [-0.25, -0.2) is 4.98 Å². The molecule has 3 nitrogen and oxygen atoms in total. The lowest BCUT2D eigenvalue weighted by Crippen LogP contribution is -2.40. The number of aliphatic hydroxyl groups excluding tert-OH is 1. The largest absolute Gasteiger partial charge is 0.394 e. The van der Waals surface area contributed by atoms with Gasteiger partial charge in [-0.15, -0.1) is 11.8 Å². The molecule has 0 saturated carbocycles. The van der Waals surface area contributed by atoms with E-state index in [4.69, 9.17) is 10.8 Å². The van der Waals surface area contributed by atoms with E-state index in [2.05, 4.69) is 20.9 Å². The Balaban J connectivity index is 2.42. The summed E-state index contributed by atoms with van der Waals surface area (Å²) in [4.78, 5) is 4.24. The lowest BCUT2D eigenvalue weighted by atomic mass is 10.0. The van der Waals surface area contributed by atoms with Crippen molar-refractivity contribution in [1.82, 2.24) is 4.98 Å². The average Bonchev–Trinajstić information content (AvgIpc) is 2.21. The summed E-state index contributed by atoms with van der Waals surface area (Å²) >= 11 is 5.07. The highest BCUT2D eigenvalue weighted by atomic mass is 79.9. The maximum Gasteiger partial charge on any atom is 0.110 e. The third-order valence-electron chi connectivity index (χ3n) is 2.00. The molecule has 0 aromatic carbocycles. The smallest absolute Gasteiger partial charge is 0.110 e. The van der Waals surface area contributed by atoms with Crippen molar-refractivity contribution in [2.75, 3.05) is 12.4 Å². The van der Waals surface area contributed by atoms with E-state index in [9.17, 15) is 0 Å². The van der Waals surface area contributed by atoms with E-state index in [1.54, 1.807) is 18.0 Å². The summed E-state index contributed by atoms with van der Waals surface area (Å²) in [6, 6.07) is 3.85. The molecule has 0 bridgehead atoms. The zero-order valence-electron chi connectivity index (χ0n) is 8.61. The highest BCUT2D eigenvalue weighted by Gasteiger charge is 2.16. The predicted molar refractivity (Wildman–Crippen MR) is 67.0 cm³/mol. The van der Waals surface area contributed by atoms with Crippen LogP contribution in [0.4, 0.5) is 0 Å². The normalized spacial score (nSPS) is 14.9. The summed E-state index contributed by atoms with van der Waals surface area (Å²) in [5.41, 5.74) is 5.33. The van der Waals surface area contributed by atoms with Crippen molar-refractivity contribution in [2.45, 2.75) is 23.9 Å². The number of hydrogen-bond donors (Lipinski definition) is 2. The average molecular weight is 291 g/mol. The van der Waals surface area contributed by atoms with E-state index >= 15 is 0 Å². The topological polar surface area (TPSA) is 59.1 Å². The molecule has 1 heterocycles. The molecule has 15 heavy (non-hydrogen) atoms. The second-order valence-corrected chi connectivity index (χ2v) is 5.64. The molecule has 3 N–H and O–H groups in total. The number of rotatable bonds is 5. The van der Waals surface area contributed by atoms with Crippen LogP contribution in [0.1, 0.15) is 13.3 Å². The molecule has 0 spiro atoms. The number of hydrogen-bond acceptors (Lipinski definition) is 4. The maximum absolute atomic E-state index is 8.99. The van der Waals surface area contributed by atoms with Crippen LogP contribution in [0.2, 0.25) is 0 Å². The van der Waals surface area contributed by atoms with Gasteiger partial charge >= 0.3 is 0 Å². The van der Waals surface area contributed by atoms with Crippen LogP contribution in [0.25, 0.3) is 0 Å². The molecule has 0 amide bonds. The number of halogens is 1. The Bertz CT molecular complexity index is 320. The minimum absolute atomic E-state index is 0.0109. The molecule has 5 heteroatoms. The fourth-order valence-corrected chi connectivity index (χ4v) is 2.64. The van der Waals surface area contributed by atoms with E-state index in [-0.39, 0.29) is 6.61 Å². The van der Waals surface area contributed by atoms with Gasteiger partial charge in [0.2, 0.25) is 0 Å². The third-order valence-corrected chi connectivity index (χ3v) is 3.91. The Labute approximate surface area is 103 Å². The molecule has 84 valence electrons. The van der Waals surface area contributed by atoms with Crippen molar-refractivity contribution in [1.29, 1.82) is 0 Å². The number of pyridine rings is 1. The van der Waals surface area contributed by atoms with E-state index in [1.807, 2.05) is 19.1 Å². The molecule has 1 atom stereocenters. The van der Waals surface area contributed by atoms with Gasteiger partial charge in [0.15, 0.2) is 0 Å². The van der Waals surface area contributed by atoms with E-state index in [0.717, 1.165) is 21.7 Å². The van der Waals surface area contributed by atoms with Crippen LogP contribution in [-0.4, -0.2) is 28.0 Å². The van der Waals surface area contributed by atoms with E-state index in [1.165, 1.54) is 0 Å². The van der Waals surface area contributed by atoms with Gasteiger partial charge in [0, 0.05) is 22.0 Å². The third kappa shape index (κ3) is 4.51. The van der Waals surface area contributed by atoms with Gasteiger partial charge in [-0.05, 0) is 41.4 Å². The molecular weight excluding hydrogens is 276 g/mol. The van der Waals surface area contributed by atoms with Crippen LogP contribution < -0.4 is 5.73 Å². The number of nitrogens with zero attached hydrogens (tertiary/aromatic N) is 1. The number of nitrogens with two attached hydrogens (primary N) is 1. The highest BCUT2D eigenvalue weighted by molar-refractivity contribution is 9.10. The summed E-state index contributed by atoms with van der Waals surface area (Å²) in [6.45, 7) is 1.86. The van der Waals surface area contributed by atoms with Crippen LogP contribution in [-0.2, 0) is 0 Å². The maximum atomic E-state index is 8.99. The Kier molecular flexibility index (Phi) is 5.05. The summed E-state index contributed by atoms with van der Waals surface area (Å²) in [6.07, 6.45) is 2.53. The van der Waals surface area contributed by atoms with Crippen molar-refractivity contribution >= 4 is 27.7 Å². The van der Waals surface area contributed by atoms with Crippen molar-refractivity contribution in [3.8, 4) is 0 Å². The summed E-state index contributed by atoms with van der Waals surface area (Å²) < 4.78 is 0.998. The van der Waals surface area contributed by atoms with Crippen molar-refractivity contribution in [3.05, 3.63) is 22.8 Å². The van der Waals surface area contributed by atoms with Crippen LogP contribution in [0.3, 0.4) is 0 Å². The van der Waals surface area contributed by atoms with E-state index in [0.29, 0.717) is 0 Å². The molecule has 0 saturated heterocycles. The molecular formula is C10H15BrN2OS. The van der Waals surface area contributed by atoms with Crippen molar-refractivity contribution in [2.24, 2.45) is 5.73 Å². The first-order valence-corrected chi connectivity index (χ1v) is 6.46. The van der Waals surface area contributed by atoms with Gasteiger partial charge < -0.3 is 10.8 Å². The minimum Gasteiger partial charge on any atom is -0.394 e. The zero-order chi connectivity index (χ0) is 11.3. The lowest BCUT2D eigenvalue weighted by Gasteiger charge is -2.20. The number of thioether (sulfide) groups is 1. The molecule has 0 fully saturated rings. The Morgan fingerprint density at radius 1 is 1.67 bits per heavy atom. The van der Waals surface area contributed by atoms with E-state index < -0.39 is 5.54 Å². The second kappa shape index (κ2) is 5.84.